The number of fused-ring (bicyclic) bond motifs is 1. The third-order valence-corrected chi connectivity index (χ3v) is 6.12. The van der Waals surface area contributed by atoms with Crippen molar-refractivity contribution in [1.82, 2.24) is 19.9 Å². The fourth-order valence-electron chi connectivity index (χ4n) is 3.62. The first-order chi connectivity index (χ1) is 15.3. The monoisotopic (exact) mass is 447 g/mol. The molecule has 0 fully saturated rings. The number of hydrogen-bond donors (Lipinski definition) is 2. The number of nitrogens with zero attached hydrogens (tertiary/aromatic N) is 3. The molecule has 0 radical (unpaired) electrons. The van der Waals surface area contributed by atoms with E-state index in [-0.39, 0.29) is 18.0 Å². The number of para-hydroxylation sites is 1. The van der Waals surface area contributed by atoms with Crippen molar-refractivity contribution in [2.75, 3.05) is 18.9 Å². The standard InChI is InChI=1S/C24H25N5O2S/c1-14-9-16(3)18(10-15(14)2)20-13-32-24(26-20)28-22(30)12-29(4)11-21-25-19-8-6-5-7-17(19)23(31)27-21/h5-10,13H,11-12H2,1-4H3,(H,25,27,31)(H,26,28,30). The molecule has 0 aliphatic heterocycles. The Bertz CT molecular complexity index is 1360. The molecule has 2 aromatic carbocycles. The highest BCUT2D eigenvalue weighted by Gasteiger charge is 2.13. The summed E-state index contributed by atoms with van der Waals surface area (Å²) in [6.07, 6.45) is 0. The lowest BCUT2D eigenvalue weighted by Gasteiger charge is -2.15. The van der Waals surface area contributed by atoms with Gasteiger partial charge < -0.3 is 10.3 Å². The molecule has 0 saturated heterocycles. The van der Waals surface area contributed by atoms with Crippen LogP contribution >= 0.6 is 11.3 Å². The Balaban J connectivity index is 1.40. The van der Waals surface area contributed by atoms with Gasteiger partial charge in [-0.15, -0.1) is 11.3 Å². The van der Waals surface area contributed by atoms with Crippen LogP contribution < -0.4 is 10.9 Å². The number of carbonyl (C=O) groups excluding carboxylic acids is 1. The van der Waals surface area contributed by atoms with Gasteiger partial charge in [0.1, 0.15) is 5.82 Å². The summed E-state index contributed by atoms with van der Waals surface area (Å²) >= 11 is 1.40. The van der Waals surface area contributed by atoms with Gasteiger partial charge in [0, 0.05) is 10.9 Å². The fourth-order valence-corrected chi connectivity index (χ4v) is 4.34. The molecule has 8 heteroatoms. The molecular weight excluding hydrogens is 422 g/mol. The van der Waals surface area contributed by atoms with Crippen LogP contribution in [0, 0.1) is 20.8 Å². The van der Waals surface area contributed by atoms with Gasteiger partial charge in [-0.05, 0) is 62.7 Å². The van der Waals surface area contributed by atoms with Crippen molar-refractivity contribution in [2.45, 2.75) is 27.3 Å². The zero-order valence-corrected chi connectivity index (χ0v) is 19.3. The summed E-state index contributed by atoms with van der Waals surface area (Å²) in [7, 11) is 1.81. The van der Waals surface area contributed by atoms with Crippen molar-refractivity contribution in [2.24, 2.45) is 0 Å². The van der Waals surface area contributed by atoms with E-state index in [1.807, 2.05) is 11.4 Å². The Labute approximate surface area is 190 Å². The molecule has 2 heterocycles. The van der Waals surface area contributed by atoms with E-state index in [1.165, 1.54) is 22.5 Å². The van der Waals surface area contributed by atoms with Crippen molar-refractivity contribution in [1.29, 1.82) is 0 Å². The second kappa shape index (κ2) is 9.02. The number of likely N-dealkylation sites (N-methyl/N-ethyl adjacent to an activating group) is 1. The number of amides is 1. The molecule has 32 heavy (non-hydrogen) atoms. The summed E-state index contributed by atoms with van der Waals surface area (Å²) in [6, 6.07) is 11.5. The zero-order valence-electron chi connectivity index (χ0n) is 18.5. The first kappa shape index (κ1) is 21.9. The number of aryl methyl sites for hydroxylation is 3. The van der Waals surface area contributed by atoms with Crippen molar-refractivity contribution in [3.05, 3.63) is 74.6 Å². The molecule has 0 spiro atoms. The molecule has 0 saturated carbocycles. The number of nitrogens with one attached hydrogen (secondary N) is 2. The number of anilines is 1. The summed E-state index contributed by atoms with van der Waals surface area (Å²) in [4.78, 5) is 38.4. The number of H-pyrrole nitrogens is 1. The lowest BCUT2D eigenvalue weighted by molar-refractivity contribution is -0.117. The van der Waals surface area contributed by atoms with Crippen molar-refractivity contribution < 1.29 is 4.79 Å². The van der Waals surface area contributed by atoms with Gasteiger partial charge in [-0.2, -0.15) is 0 Å². The third-order valence-electron chi connectivity index (χ3n) is 5.36. The first-order valence-electron chi connectivity index (χ1n) is 10.3. The summed E-state index contributed by atoms with van der Waals surface area (Å²) in [6.45, 7) is 6.74. The molecule has 0 aliphatic carbocycles. The van der Waals surface area contributed by atoms with Crippen molar-refractivity contribution in [3.63, 3.8) is 0 Å². The Morgan fingerprint density at radius 2 is 1.84 bits per heavy atom. The Kier molecular flexibility index (Phi) is 6.16. The molecule has 164 valence electrons. The smallest absolute Gasteiger partial charge is 0.258 e. The van der Waals surface area contributed by atoms with Gasteiger partial charge in [-0.3, -0.25) is 14.5 Å². The molecule has 4 aromatic rings. The second-order valence-electron chi connectivity index (χ2n) is 8.04. The van der Waals surface area contributed by atoms with E-state index in [1.54, 1.807) is 30.1 Å². The largest absolute Gasteiger partial charge is 0.309 e. The predicted octanol–water partition coefficient (Wildman–Crippen LogP) is 4.04. The molecule has 1 amide bonds. The van der Waals surface area contributed by atoms with Crippen LogP contribution in [-0.4, -0.2) is 39.4 Å². The average Bonchev–Trinajstić information content (AvgIpc) is 3.18. The van der Waals surface area contributed by atoms with Gasteiger partial charge >= 0.3 is 0 Å². The number of aromatic nitrogens is 3. The highest BCUT2D eigenvalue weighted by atomic mass is 32.1. The normalized spacial score (nSPS) is 11.3. The molecule has 2 N–H and O–H groups in total. The minimum atomic E-state index is -0.180. The predicted molar refractivity (Wildman–Crippen MR) is 129 cm³/mol. The van der Waals surface area contributed by atoms with E-state index in [0.29, 0.717) is 28.4 Å². The third kappa shape index (κ3) is 4.76. The minimum Gasteiger partial charge on any atom is -0.309 e. The Morgan fingerprint density at radius 1 is 1.09 bits per heavy atom. The molecule has 7 nitrogen and oxygen atoms in total. The average molecular weight is 448 g/mol. The maximum absolute atomic E-state index is 12.5. The molecule has 0 atom stereocenters. The van der Waals surface area contributed by atoms with Crippen LogP contribution in [0.1, 0.15) is 22.5 Å². The van der Waals surface area contributed by atoms with E-state index in [9.17, 15) is 9.59 Å². The quantitative estimate of drug-likeness (QED) is 0.465. The number of benzene rings is 2. The van der Waals surface area contributed by atoms with Gasteiger partial charge in [-0.1, -0.05) is 18.2 Å². The van der Waals surface area contributed by atoms with Gasteiger partial charge in [0.15, 0.2) is 5.13 Å². The first-order valence-corrected chi connectivity index (χ1v) is 11.2. The van der Waals surface area contributed by atoms with E-state index < -0.39 is 0 Å². The summed E-state index contributed by atoms with van der Waals surface area (Å²) < 4.78 is 0. The molecule has 2 aromatic heterocycles. The number of thiazole rings is 1. The topological polar surface area (TPSA) is 91.0 Å². The molecule has 0 unspecified atom stereocenters. The van der Waals surface area contributed by atoms with Crippen LogP contribution in [-0.2, 0) is 11.3 Å². The van der Waals surface area contributed by atoms with E-state index in [4.69, 9.17) is 0 Å². The summed E-state index contributed by atoms with van der Waals surface area (Å²) in [5.74, 6) is 0.346. The van der Waals surface area contributed by atoms with Crippen LogP contribution in [0.3, 0.4) is 0 Å². The molecule has 4 rings (SSSR count). The Hall–Kier alpha value is -3.36. The van der Waals surface area contributed by atoms with E-state index in [0.717, 1.165) is 16.8 Å². The van der Waals surface area contributed by atoms with E-state index >= 15 is 0 Å². The highest BCUT2D eigenvalue weighted by Crippen LogP contribution is 2.29. The van der Waals surface area contributed by atoms with Gasteiger partial charge in [0.05, 0.1) is 29.7 Å². The summed E-state index contributed by atoms with van der Waals surface area (Å²) in [5, 5.41) is 5.94. The van der Waals surface area contributed by atoms with Gasteiger partial charge in [0.25, 0.3) is 5.56 Å². The zero-order chi connectivity index (χ0) is 22.8. The Morgan fingerprint density at radius 3 is 2.66 bits per heavy atom. The highest BCUT2D eigenvalue weighted by molar-refractivity contribution is 7.14. The lowest BCUT2D eigenvalue weighted by Crippen LogP contribution is -2.31. The second-order valence-corrected chi connectivity index (χ2v) is 8.90. The molecule has 0 aliphatic rings. The maximum atomic E-state index is 12.5. The molecular formula is C24H25N5O2S. The van der Waals surface area contributed by atoms with Crippen LogP contribution in [0.4, 0.5) is 5.13 Å². The van der Waals surface area contributed by atoms with Crippen molar-refractivity contribution >= 4 is 33.3 Å². The SMILES string of the molecule is Cc1cc(C)c(-c2csc(NC(=O)CN(C)Cc3nc4ccccc4c(=O)[nH]3)n2)cc1C. The minimum absolute atomic E-state index is 0.147. The fraction of sp³-hybridized carbons (Fsp3) is 0.250. The maximum Gasteiger partial charge on any atom is 0.258 e. The van der Waals surface area contributed by atoms with Crippen LogP contribution in [0.2, 0.25) is 0 Å². The number of carbonyl (C=O) groups is 1. The number of aromatic amines is 1. The van der Waals surface area contributed by atoms with Crippen molar-refractivity contribution in [3.8, 4) is 11.3 Å². The van der Waals surface area contributed by atoms with Crippen LogP contribution in [0.25, 0.3) is 22.2 Å². The van der Waals surface area contributed by atoms with Crippen LogP contribution in [0.5, 0.6) is 0 Å². The lowest BCUT2D eigenvalue weighted by atomic mass is 9.99. The van der Waals surface area contributed by atoms with Gasteiger partial charge in [0.2, 0.25) is 5.91 Å². The number of rotatable bonds is 6. The number of hydrogen-bond acceptors (Lipinski definition) is 6. The van der Waals surface area contributed by atoms with Crippen LogP contribution in [0.15, 0.2) is 46.6 Å². The molecule has 0 bridgehead atoms. The van der Waals surface area contributed by atoms with Gasteiger partial charge in [-0.25, -0.2) is 9.97 Å². The van der Waals surface area contributed by atoms with E-state index in [2.05, 4.69) is 53.2 Å². The summed E-state index contributed by atoms with van der Waals surface area (Å²) in [5.41, 5.74) is 6.02.